The van der Waals surface area contributed by atoms with E-state index in [2.05, 4.69) is 10.6 Å². The number of aryl methyl sites for hydroxylation is 1. The Labute approximate surface area is 158 Å². The fourth-order valence-corrected chi connectivity index (χ4v) is 3.44. The lowest BCUT2D eigenvalue weighted by Crippen LogP contribution is -2.38. The van der Waals surface area contributed by atoms with Crippen LogP contribution in [0, 0.1) is 12.7 Å². The minimum atomic E-state index is -0.666. The first-order valence-electron chi connectivity index (χ1n) is 9.04. The average molecular weight is 369 g/mol. The molecule has 0 bridgehead atoms. The van der Waals surface area contributed by atoms with Crippen LogP contribution in [-0.2, 0) is 10.2 Å². The maximum absolute atomic E-state index is 13.1. The number of carbonyl (C=O) groups is 2. The Balaban J connectivity index is 1.64. The zero-order valence-corrected chi connectivity index (χ0v) is 15.3. The molecule has 6 heteroatoms. The number of nitrogens with two attached hydrogens (primary N) is 1. The summed E-state index contributed by atoms with van der Waals surface area (Å²) in [5, 5.41) is 5.62. The van der Waals surface area contributed by atoms with Crippen LogP contribution in [0.15, 0.2) is 48.5 Å². The molecule has 1 unspecified atom stereocenters. The van der Waals surface area contributed by atoms with E-state index in [-0.39, 0.29) is 23.6 Å². The fourth-order valence-electron chi connectivity index (χ4n) is 3.44. The average Bonchev–Trinajstić information content (AvgIpc) is 3.41. The molecule has 142 valence electrons. The lowest BCUT2D eigenvalue weighted by Gasteiger charge is -2.21. The van der Waals surface area contributed by atoms with Gasteiger partial charge in [0.1, 0.15) is 5.82 Å². The first-order chi connectivity index (χ1) is 12.9. The van der Waals surface area contributed by atoms with Gasteiger partial charge in [0.15, 0.2) is 0 Å². The molecule has 0 heterocycles. The Morgan fingerprint density at radius 1 is 1.15 bits per heavy atom. The normalized spacial score (nSPS) is 15.6. The molecular weight excluding hydrogens is 345 g/mol. The number of hydrogen-bond acceptors (Lipinski definition) is 2. The maximum atomic E-state index is 13.1. The summed E-state index contributed by atoms with van der Waals surface area (Å²) in [7, 11) is 0. The van der Waals surface area contributed by atoms with Crippen molar-refractivity contribution >= 4 is 11.9 Å². The molecule has 1 atom stereocenters. The van der Waals surface area contributed by atoms with Crippen LogP contribution in [0.25, 0.3) is 0 Å². The fraction of sp³-hybridized carbons (Fsp3) is 0.333. The van der Waals surface area contributed by atoms with Crippen molar-refractivity contribution < 1.29 is 14.0 Å². The van der Waals surface area contributed by atoms with Gasteiger partial charge in [-0.3, -0.25) is 4.79 Å². The Morgan fingerprint density at radius 3 is 2.41 bits per heavy atom. The van der Waals surface area contributed by atoms with Crippen LogP contribution in [0.3, 0.4) is 0 Å². The van der Waals surface area contributed by atoms with Crippen molar-refractivity contribution in [3.8, 4) is 0 Å². The summed E-state index contributed by atoms with van der Waals surface area (Å²) in [5.74, 6) is -0.428. The third-order valence-electron chi connectivity index (χ3n) is 5.20. The SMILES string of the molecule is Cc1ccccc1C(CC(=O)NCC1(c2ccc(F)cc2)CC1)NC(N)=O. The molecule has 3 rings (SSSR count). The van der Waals surface area contributed by atoms with E-state index in [0.717, 1.165) is 29.5 Å². The molecule has 0 aliphatic heterocycles. The van der Waals surface area contributed by atoms with Crippen molar-refractivity contribution in [3.05, 3.63) is 71.0 Å². The quantitative estimate of drug-likeness (QED) is 0.701. The second kappa shape index (κ2) is 7.78. The number of nitrogens with one attached hydrogen (secondary N) is 2. The minimum Gasteiger partial charge on any atom is -0.355 e. The van der Waals surface area contributed by atoms with Crippen LogP contribution in [-0.4, -0.2) is 18.5 Å². The summed E-state index contributed by atoms with van der Waals surface area (Å²) < 4.78 is 13.1. The molecule has 1 aliphatic rings. The van der Waals surface area contributed by atoms with E-state index in [0.29, 0.717) is 6.54 Å². The van der Waals surface area contributed by atoms with Crippen molar-refractivity contribution in [2.75, 3.05) is 6.54 Å². The van der Waals surface area contributed by atoms with Crippen molar-refractivity contribution in [2.45, 2.75) is 37.6 Å². The van der Waals surface area contributed by atoms with Gasteiger partial charge in [-0.15, -0.1) is 0 Å². The van der Waals surface area contributed by atoms with Gasteiger partial charge >= 0.3 is 6.03 Å². The van der Waals surface area contributed by atoms with E-state index in [4.69, 9.17) is 5.73 Å². The Hall–Kier alpha value is -2.89. The molecule has 4 N–H and O–H groups in total. The monoisotopic (exact) mass is 369 g/mol. The molecule has 2 aromatic carbocycles. The number of urea groups is 1. The highest BCUT2D eigenvalue weighted by molar-refractivity contribution is 5.79. The molecule has 0 saturated heterocycles. The summed E-state index contributed by atoms with van der Waals surface area (Å²) in [4.78, 5) is 23.9. The third kappa shape index (κ3) is 4.64. The molecule has 1 fully saturated rings. The molecule has 3 amide bonds. The summed E-state index contributed by atoms with van der Waals surface area (Å²) in [6.45, 7) is 2.42. The van der Waals surface area contributed by atoms with Crippen molar-refractivity contribution in [3.63, 3.8) is 0 Å². The Bertz CT molecular complexity index is 832. The topological polar surface area (TPSA) is 84.2 Å². The van der Waals surface area contributed by atoms with Crippen LogP contribution in [0.1, 0.15) is 42.0 Å². The van der Waals surface area contributed by atoms with Crippen molar-refractivity contribution in [1.82, 2.24) is 10.6 Å². The number of benzene rings is 2. The molecule has 2 aromatic rings. The van der Waals surface area contributed by atoms with Gasteiger partial charge in [0.25, 0.3) is 0 Å². The lowest BCUT2D eigenvalue weighted by atomic mass is 9.95. The summed E-state index contributed by atoms with van der Waals surface area (Å²) >= 11 is 0. The van der Waals surface area contributed by atoms with Gasteiger partial charge in [-0.1, -0.05) is 36.4 Å². The second-order valence-corrected chi connectivity index (χ2v) is 7.19. The summed E-state index contributed by atoms with van der Waals surface area (Å²) in [6.07, 6.45) is 2.02. The van der Waals surface area contributed by atoms with E-state index in [9.17, 15) is 14.0 Å². The zero-order valence-electron chi connectivity index (χ0n) is 15.3. The third-order valence-corrected chi connectivity index (χ3v) is 5.20. The first kappa shape index (κ1) is 18.9. The zero-order chi connectivity index (χ0) is 19.4. The predicted octanol–water partition coefficient (Wildman–Crippen LogP) is 3.08. The van der Waals surface area contributed by atoms with Gasteiger partial charge in [0.2, 0.25) is 5.91 Å². The van der Waals surface area contributed by atoms with E-state index >= 15 is 0 Å². The van der Waals surface area contributed by atoms with Crippen LogP contribution in [0.2, 0.25) is 0 Å². The van der Waals surface area contributed by atoms with Gasteiger partial charge in [-0.2, -0.15) is 0 Å². The van der Waals surface area contributed by atoms with Crippen LogP contribution >= 0.6 is 0 Å². The maximum Gasteiger partial charge on any atom is 0.312 e. The van der Waals surface area contributed by atoms with Crippen molar-refractivity contribution in [2.24, 2.45) is 5.73 Å². The predicted molar refractivity (Wildman–Crippen MR) is 102 cm³/mol. The molecule has 5 nitrogen and oxygen atoms in total. The number of hydrogen-bond donors (Lipinski definition) is 3. The van der Waals surface area contributed by atoms with Gasteiger partial charge < -0.3 is 16.4 Å². The van der Waals surface area contributed by atoms with Gasteiger partial charge in [-0.05, 0) is 48.6 Å². The van der Waals surface area contributed by atoms with Gasteiger partial charge in [-0.25, -0.2) is 9.18 Å². The number of rotatable bonds is 7. The largest absolute Gasteiger partial charge is 0.355 e. The first-order valence-corrected chi connectivity index (χ1v) is 9.04. The summed E-state index contributed by atoms with van der Waals surface area (Å²) in [5.41, 5.74) is 8.06. The number of halogens is 1. The van der Waals surface area contributed by atoms with E-state index in [1.165, 1.54) is 12.1 Å². The number of amides is 3. The highest BCUT2D eigenvalue weighted by Gasteiger charge is 2.44. The summed E-state index contributed by atoms with van der Waals surface area (Å²) in [6, 6.07) is 12.9. The van der Waals surface area contributed by atoms with Gasteiger partial charge in [0.05, 0.1) is 12.5 Å². The van der Waals surface area contributed by atoms with Crippen LogP contribution in [0.4, 0.5) is 9.18 Å². The van der Waals surface area contributed by atoms with Gasteiger partial charge in [0, 0.05) is 12.0 Å². The molecule has 27 heavy (non-hydrogen) atoms. The van der Waals surface area contributed by atoms with Crippen LogP contribution in [0.5, 0.6) is 0 Å². The highest BCUT2D eigenvalue weighted by Crippen LogP contribution is 2.47. The van der Waals surface area contributed by atoms with Crippen molar-refractivity contribution in [1.29, 1.82) is 0 Å². The second-order valence-electron chi connectivity index (χ2n) is 7.19. The molecular formula is C21H24FN3O2. The highest BCUT2D eigenvalue weighted by atomic mass is 19.1. The Morgan fingerprint density at radius 2 is 1.81 bits per heavy atom. The van der Waals surface area contributed by atoms with E-state index in [1.807, 2.05) is 31.2 Å². The smallest absolute Gasteiger partial charge is 0.312 e. The molecule has 1 saturated carbocycles. The Kier molecular flexibility index (Phi) is 5.44. The van der Waals surface area contributed by atoms with Crippen LogP contribution < -0.4 is 16.4 Å². The molecule has 1 aliphatic carbocycles. The molecule has 0 radical (unpaired) electrons. The standard InChI is InChI=1S/C21H24FN3O2/c1-14-4-2-3-5-17(14)18(25-20(23)27)12-19(26)24-13-21(10-11-21)15-6-8-16(22)9-7-15/h2-9,18H,10-13H2,1H3,(H,24,26)(H3,23,25,27). The lowest BCUT2D eigenvalue weighted by molar-refractivity contribution is -0.121. The molecule has 0 spiro atoms. The number of carbonyl (C=O) groups excluding carboxylic acids is 2. The minimum absolute atomic E-state index is 0.104. The van der Waals surface area contributed by atoms with E-state index in [1.54, 1.807) is 12.1 Å². The van der Waals surface area contributed by atoms with E-state index < -0.39 is 12.1 Å². The number of primary amides is 1. The molecule has 0 aromatic heterocycles.